The minimum absolute atomic E-state index is 0.591. The molecule has 40 valence electrons. The summed E-state index contributed by atoms with van der Waals surface area (Å²) >= 11 is 0. The molecule has 0 radical (unpaired) electrons. The van der Waals surface area contributed by atoms with Crippen molar-refractivity contribution in [2.45, 2.75) is 18.6 Å². The number of morpholine rings is 1. The molecule has 0 aromatic carbocycles. The van der Waals surface area contributed by atoms with Gasteiger partial charge in [0.05, 0.1) is 12.7 Å². The molecule has 0 aromatic heterocycles. The van der Waals surface area contributed by atoms with Crippen LogP contribution in [0.5, 0.6) is 0 Å². The molecule has 0 amide bonds. The highest BCUT2D eigenvalue weighted by Gasteiger charge is 2.39. The van der Waals surface area contributed by atoms with Gasteiger partial charge >= 0.3 is 0 Å². The van der Waals surface area contributed by atoms with E-state index in [2.05, 4.69) is 5.32 Å². The van der Waals surface area contributed by atoms with Gasteiger partial charge in [0.25, 0.3) is 0 Å². The van der Waals surface area contributed by atoms with Crippen molar-refractivity contribution in [2.24, 2.45) is 0 Å². The van der Waals surface area contributed by atoms with E-state index in [0.29, 0.717) is 6.10 Å². The van der Waals surface area contributed by atoms with Crippen LogP contribution in [0.15, 0.2) is 0 Å². The number of nitrogens with one attached hydrogen (secondary N) is 1. The van der Waals surface area contributed by atoms with Crippen molar-refractivity contribution in [3.8, 4) is 0 Å². The van der Waals surface area contributed by atoms with Crippen LogP contribution in [0.25, 0.3) is 0 Å². The van der Waals surface area contributed by atoms with Gasteiger partial charge in [-0.2, -0.15) is 0 Å². The van der Waals surface area contributed by atoms with Gasteiger partial charge in [-0.3, -0.25) is 0 Å². The number of ether oxygens (including phenoxy) is 1. The first kappa shape index (κ1) is 3.87. The molecule has 7 heavy (non-hydrogen) atoms. The summed E-state index contributed by atoms with van der Waals surface area (Å²) in [7, 11) is 0. The first-order chi connectivity index (χ1) is 3.47. The van der Waals surface area contributed by atoms with Crippen molar-refractivity contribution in [1.82, 2.24) is 5.32 Å². The highest BCUT2D eigenvalue weighted by molar-refractivity contribution is 4.96. The van der Waals surface area contributed by atoms with Gasteiger partial charge in [-0.1, -0.05) is 0 Å². The summed E-state index contributed by atoms with van der Waals surface area (Å²) in [6, 6.07) is 0.730. The zero-order valence-electron chi connectivity index (χ0n) is 4.18. The van der Waals surface area contributed by atoms with E-state index in [4.69, 9.17) is 4.74 Å². The molecule has 0 aromatic rings. The van der Waals surface area contributed by atoms with Crippen molar-refractivity contribution in [1.29, 1.82) is 0 Å². The fourth-order valence-electron chi connectivity index (χ4n) is 1.03. The van der Waals surface area contributed by atoms with Crippen LogP contribution in [0.1, 0.15) is 6.42 Å². The van der Waals surface area contributed by atoms with E-state index >= 15 is 0 Å². The second kappa shape index (κ2) is 1.20. The Morgan fingerprint density at radius 1 is 1.57 bits per heavy atom. The molecule has 1 N–H and O–H groups in total. The van der Waals surface area contributed by atoms with E-state index in [-0.39, 0.29) is 0 Å². The third kappa shape index (κ3) is 0.545. The minimum Gasteiger partial charge on any atom is -0.375 e. The van der Waals surface area contributed by atoms with Gasteiger partial charge in [0.1, 0.15) is 0 Å². The van der Waals surface area contributed by atoms with Gasteiger partial charge in [-0.25, -0.2) is 0 Å². The predicted molar refractivity (Wildman–Crippen MR) is 26.1 cm³/mol. The van der Waals surface area contributed by atoms with E-state index in [1.807, 2.05) is 0 Å². The maximum absolute atomic E-state index is 5.29. The van der Waals surface area contributed by atoms with E-state index in [9.17, 15) is 0 Å². The highest BCUT2D eigenvalue weighted by Crippen LogP contribution is 2.26. The Kier molecular flexibility index (Phi) is 0.664. The van der Waals surface area contributed by atoms with E-state index in [0.717, 1.165) is 19.2 Å². The zero-order chi connectivity index (χ0) is 4.69. The number of hydrogen-bond acceptors (Lipinski definition) is 2. The van der Waals surface area contributed by atoms with Crippen LogP contribution >= 0.6 is 0 Å². The van der Waals surface area contributed by atoms with Crippen LogP contribution in [0.2, 0.25) is 0 Å². The molecular weight excluding hydrogens is 90.1 g/mol. The fourth-order valence-corrected chi connectivity index (χ4v) is 1.03. The Bertz CT molecular complexity index is 74.1. The Morgan fingerprint density at radius 2 is 2.57 bits per heavy atom. The van der Waals surface area contributed by atoms with E-state index < -0.39 is 0 Å². The predicted octanol–water partition coefficient (Wildman–Crippen LogP) is -0.253. The molecule has 2 aliphatic rings. The first-order valence-corrected chi connectivity index (χ1v) is 2.82. The number of hydrogen-bond donors (Lipinski definition) is 1. The van der Waals surface area contributed by atoms with Crippen LogP contribution in [0.4, 0.5) is 0 Å². The second-order valence-electron chi connectivity index (χ2n) is 2.21. The fraction of sp³-hybridized carbons (Fsp3) is 1.00. The topological polar surface area (TPSA) is 21.3 Å². The van der Waals surface area contributed by atoms with E-state index in [1.165, 1.54) is 6.42 Å². The first-order valence-electron chi connectivity index (χ1n) is 2.82. The van der Waals surface area contributed by atoms with Crippen LogP contribution in [-0.2, 0) is 4.74 Å². The van der Waals surface area contributed by atoms with Crippen LogP contribution in [-0.4, -0.2) is 25.3 Å². The van der Waals surface area contributed by atoms with Gasteiger partial charge in [0.2, 0.25) is 0 Å². The molecule has 2 nitrogen and oxygen atoms in total. The minimum atomic E-state index is 0.591. The molecule has 1 heterocycles. The number of fused-ring (bicyclic) bond motifs is 1. The summed E-state index contributed by atoms with van der Waals surface area (Å²) in [4.78, 5) is 0. The van der Waals surface area contributed by atoms with Crippen molar-refractivity contribution in [3.63, 3.8) is 0 Å². The summed E-state index contributed by atoms with van der Waals surface area (Å²) in [5, 5.41) is 3.33. The molecule has 0 spiro atoms. The van der Waals surface area contributed by atoms with Gasteiger partial charge in [-0.15, -0.1) is 0 Å². The van der Waals surface area contributed by atoms with Crippen LogP contribution in [0, 0.1) is 0 Å². The lowest BCUT2D eigenvalue weighted by molar-refractivity contribution is 0.0922. The largest absolute Gasteiger partial charge is 0.375 e. The van der Waals surface area contributed by atoms with Crippen LogP contribution < -0.4 is 5.32 Å². The molecular formula is C5H9NO. The summed E-state index contributed by atoms with van der Waals surface area (Å²) in [5.41, 5.74) is 0. The Balaban J connectivity index is 1.95. The molecule has 1 aliphatic heterocycles. The number of rotatable bonds is 0. The third-order valence-corrected chi connectivity index (χ3v) is 1.57. The lowest BCUT2D eigenvalue weighted by Gasteiger charge is -2.09. The normalized spacial score (nSPS) is 48.0. The maximum atomic E-state index is 5.29. The van der Waals surface area contributed by atoms with Gasteiger partial charge in [-0.05, 0) is 6.42 Å². The lowest BCUT2D eigenvalue weighted by atomic mass is 10.5. The maximum Gasteiger partial charge on any atom is 0.0745 e. The standard InChI is InChI=1S/C5H9NO/c1-2-7-5-3-4(5)6-1/h4-6H,1-3H2/t4-,5?/m1/s1. The molecule has 1 unspecified atom stereocenters. The molecule has 2 fully saturated rings. The monoisotopic (exact) mass is 99.1 g/mol. The van der Waals surface area contributed by atoms with Crippen molar-refractivity contribution in [3.05, 3.63) is 0 Å². The van der Waals surface area contributed by atoms with Crippen molar-refractivity contribution in [2.75, 3.05) is 13.2 Å². The Morgan fingerprint density at radius 3 is 3.14 bits per heavy atom. The zero-order valence-corrected chi connectivity index (χ0v) is 4.18. The van der Waals surface area contributed by atoms with Crippen LogP contribution in [0.3, 0.4) is 0 Å². The molecule has 1 saturated heterocycles. The summed E-state index contributed by atoms with van der Waals surface area (Å²) in [6.45, 7) is 1.97. The average molecular weight is 99.1 g/mol. The molecule has 1 aliphatic carbocycles. The van der Waals surface area contributed by atoms with Gasteiger partial charge in [0.15, 0.2) is 0 Å². The molecule has 2 atom stereocenters. The quantitative estimate of drug-likeness (QED) is 0.452. The highest BCUT2D eigenvalue weighted by atomic mass is 16.5. The Labute approximate surface area is 42.9 Å². The summed E-state index contributed by atoms with van der Waals surface area (Å²) in [6.07, 6.45) is 1.84. The third-order valence-electron chi connectivity index (χ3n) is 1.57. The van der Waals surface area contributed by atoms with Crippen molar-refractivity contribution >= 4 is 0 Å². The average Bonchev–Trinajstić information content (AvgIpc) is 2.41. The molecule has 2 heteroatoms. The van der Waals surface area contributed by atoms with Gasteiger partial charge in [0, 0.05) is 12.6 Å². The SMILES string of the molecule is C1COC2C[C@H]2N1. The summed E-state index contributed by atoms with van der Waals surface area (Å²) < 4.78 is 5.29. The van der Waals surface area contributed by atoms with E-state index in [1.54, 1.807) is 0 Å². The molecule has 1 saturated carbocycles. The smallest absolute Gasteiger partial charge is 0.0745 e. The second-order valence-corrected chi connectivity index (χ2v) is 2.21. The van der Waals surface area contributed by atoms with Gasteiger partial charge < -0.3 is 10.1 Å². The molecule has 2 rings (SSSR count). The van der Waals surface area contributed by atoms with Crippen molar-refractivity contribution < 1.29 is 4.74 Å². The lowest BCUT2D eigenvalue weighted by Crippen LogP contribution is -2.30. The molecule has 0 bridgehead atoms. The Hall–Kier alpha value is -0.0800. The summed E-state index contributed by atoms with van der Waals surface area (Å²) in [5.74, 6) is 0.